The van der Waals surface area contributed by atoms with Crippen LogP contribution in [0.2, 0.25) is 0 Å². The van der Waals surface area contributed by atoms with E-state index in [4.69, 9.17) is 5.73 Å². The van der Waals surface area contributed by atoms with Gasteiger partial charge in [0, 0.05) is 5.69 Å². The maximum absolute atomic E-state index is 12.1. The van der Waals surface area contributed by atoms with Crippen molar-refractivity contribution in [3.63, 3.8) is 0 Å². The molecule has 0 aliphatic rings. The van der Waals surface area contributed by atoms with E-state index in [2.05, 4.69) is 19.2 Å². The van der Waals surface area contributed by atoms with Gasteiger partial charge in [-0.3, -0.25) is 4.79 Å². The maximum atomic E-state index is 12.1. The number of carbonyl (C=O) groups excluding carboxylic acids is 1. The molecular formula is C14H16N2OS. The van der Waals surface area contributed by atoms with Gasteiger partial charge in [0.25, 0.3) is 5.91 Å². The largest absolute Gasteiger partial charge is 0.397 e. The average Bonchev–Trinajstić information content (AvgIpc) is 2.76. The van der Waals surface area contributed by atoms with Gasteiger partial charge in [0.2, 0.25) is 0 Å². The lowest BCUT2D eigenvalue weighted by Gasteiger charge is -2.13. The molecule has 1 amide bonds. The molecule has 0 unspecified atom stereocenters. The molecule has 0 saturated carbocycles. The second-order valence-electron chi connectivity index (χ2n) is 4.40. The van der Waals surface area contributed by atoms with E-state index in [1.165, 1.54) is 11.3 Å². The molecule has 2 rings (SSSR count). The van der Waals surface area contributed by atoms with Crippen LogP contribution in [0.25, 0.3) is 0 Å². The lowest BCUT2D eigenvalue weighted by atomic mass is 10.0. The second kappa shape index (κ2) is 5.23. The smallest absolute Gasteiger partial charge is 0.267 e. The van der Waals surface area contributed by atoms with Crippen LogP contribution < -0.4 is 11.1 Å². The molecule has 1 aromatic carbocycles. The third-order valence-corrected chi connectivity index (χ3v) is 3.66. The molecule has 0 saturated heterocycles. The molecule has 0 bridgehead atoms. The van der Waals surface area contributed by atoms with E-state index >= 15 is 0 Å². The number of hydrogen-bond acceptors (Lipinski definition) is 3. The average molecular weight is 260 g/mol. The highest BCUT2D eigenvalue weighted by Crippen LogP contribution is 2.26. The van der Waals surface area contributed by atoms with Crippen LogP contribution in [0.15, 0.2) is 35.7 Å². The molecule has 2 aromatic rings. The van der Waals surface area contributed by atoms with Crippen molar-refractivity contribution in [2.45, 2.75) is 19.8 Å². The predicted octanol–water partition coefficient (Wildman–Crippen LogP) is 3.71. The second-order valence-corrected chi connectivity index (χ2v) is 5.32. The van der Waals surface area contributed by atoms with Crippen molar-refractivity contribution in [3.05, 3.63) is 46.2 Å². The van der Waals surface area contributed by atoms with Crippen LogP contribution in [0.1, 0.15) is 35.0 Å². The first kappa shape index (κ1) is 12.6. The molecule has 3 N–H and O–H groups in total. The Hall–Kier alpha value is -1.81. The van der Waals surface area contributed by atoms with Crippen molar-refractivity contribution >= 4 is 28.6 Å². The molecule has 4 heteroatoms. The summed E-state index contributed by atoms with van der Waals surface area (Å²) in [6.07, 6.45) is 0. The summed E-state index contributed by atoms with van der Waals surface area (Å²) in [5.74, 6) is 0.220. The number of nitrogen functional groups attached to an aromatic ring is 1. The van der Waals surface area contributed by atoms with Gasteiger partial charge in [-0.1, -0.05) is 32.0 Å². The quantitative estimate of drug-likeness (QED) is 0.884. The Balaban J connectivity index is 2.25. The Bertz CT molecular complexity index is 560. The normalized spacial score (nSPS) is 10.6. The van der Waals surface area contributed by atoms with Crippen LogP contribution in [0.4, 0.5) is 11.4 Å². The van der Waals surface area contributed by atoms with E-state index in [0.717, 1.165) is 11.3 Å². The van der Waals surface area contributed by atoms with Gasteiger partial charge in [-0.25, -0.2) is 0 Å². The molecule has 94 valence electrons. The number of benzene rings is 1. The maximum Gasteiger partial charge on any atom is 0.267 e. The summed E-state index contributed by atoms with van der Waals surface area (Å²) >= 11 is 1.35. The zero-order chi connectivity index (χ0) is 13.1. The number of nitrogens with one attached hydrogen (secondary N) is 1. The summed E-state index contributed by atoms with van der Waals surface area (Å²) in [6, 6.07) is 9.58. The highest BCUT2D eigenvalue weighted by atomic mass is 32.1. The lowest BCUT2D eigenvalue weighted by molar-refractivity contribution is 0.103. The summed E-state index contributed by atoms with van der Waals surface area (Å²) in [6.45, 7) is 4.20. The SMILES string of the molecule is CC(C)c1ccccc1NC(=O)c1sccc1N. The highest BCUT2D eigenvalue weighted by Gasteiger charge is 2.13. The van der Waals surface area contributed by atoms with Crippen molar-refractivity contribution in [2.75, 3.05) is 11.1 Å². The van der Waals surface area contributed by atoms with Gasteiger partial charge < -0.3 is 11.1 Å². The summed E-state index contributed by atoms with van der Waals surface area (Å²) in [4.78, 5) is 12.7. The molecule has 0 spiro atoms. The number of rotatable bonds is 3. The van der Waals surface area contributed by atoms with Crippen LogP contribution in [-0.2, 0) is 0 Å². The van der Waals surface area contributed by atoms with Gasteiger partial charge >= 0.3 is 0 Å². The van der Waals surface area contributed by atoms with Crippen LogP contribution in [0, 0.1) is 0 Å². The van der Waals surface area contributed by atoms with E-state index in [-0.39, 0.29) is 5.91 Å². The zero-order valence-corrected chi connectivity index (χ0v) is 11.3. The van der Waals surface area contributed by atoms with Gasteiger partial charge in [0.15, 0.2) is 0 Å². The van der Waals surface area contributed by atoms with Crippen molar-refractivity contribution in [1.82, 2.24) is 0 Å². The van der Waals surface area contributed by atoms with E-state index in [1.807, 2.05) is 29.6 Å². The predicted molar refractivity (Wildman–Crippen MR) is 77.2 cm³/mol. The number of thiophene rings is 1. The number of hydrogen-bond donors (Lipinski definition) is 2. The van der Waals surface area contributed by atoms with Crippen molar-refractivity contribution in [1.29, 1.82) is 0 Å². The van der Waals surface area contributed by atoms with E-state index in [0.29, 0.717) is 16.5 Å². The molecule has 0 aliphatic carbocycles. The van der Waals surface area contributed by atoms with Crippen LogP contribution in [0.3, 0.4) is 0 Å². The fraction of sp³-hybridized carbons (Fsp3) is 0.214. The first-order valence-electron chi connectivity index (χ1n) is 5.83. The molecule has 0 aliphatic heterocycles. The minimum Gasteiger partial charge on any atom is -0.397 e. The van der Waals surface area contributed by atoms with E-state index in [1.54, 1.807) is 6.07 Å². The monoisotopic (exact) mass is 260 g/mol. The molecule has 3 nitrogen and oxygen atoms in total. The standard InChI is InChI=1S/C14H16N2OS/c1-9(2)10-5-3-4-6-12(10)16-14(17)13-11(15)7-8-18-13/h3-9H,15H2,1-2H3,(H,16,17). The highest BCUT2D eigenvalue weighted by molar-refractivity contribution is 7.12. The fourth-order valence-corrected chi connectivity index (χ4v) is 2.51. The molecule has 1 heterocycles. The number of para-hydroxylation sites is 1. The van der Waals surface area contributed by atoms with Gasteiger partial charge in [0.1, 0.15) is 4.88 Å². The molecule has 0 fully saturated rings. The van der Waals surface area contributed by atoms with Gasteiger partial charge in [-0.05, 0) is 29.0 Å². The number of carbonyl (C=O) groups is 1. The minimum atomic E-state index is -0.143. The summed E-state index contributed by atoms with van der Waals surface area (Å²) < 4.78 is 0. The molecule has 0 radical (unpaired) electrons. The van der Waals surface area contributed by atoms with Crippen molar-refractivity contribution in [3.8, 4) is 0 Å². The molecule has 0 atom stereocenters. The first-order valence-corrected chi connectivity index (χ1v) is 6.71. The Morgan fingerprint density at radius 2 is 2.00 bits per heavy atom. The zero-order valence-electron chi connectivity index (χ0n) is 10.4. The van der Waals surface area contributed by atoms with Crippen LogP contribution in [0.5, 0.6) is 0 Å². The Labute approximate surface area is 111 Å². The Morgan fingerprint density at radius 3 is 2.61 bits per heavy atom. The third-order valence-electron chi connectivity index (χ3n) is 2.73. The van der Waals surface area contributed by atoms with E-state index in [9.17, 15) is 4.79 Å². The topological polar surface area (TPSA) is 55.1 Å². The van der Waals surface area contributed by atoms with Gasteiger partial charge in [0.05, 0.1) is 5.69 Å². The number of amides is 1. The van der Waals surface area contributed by atoms with Crippen LogP contribution in [-0.4, -0.2) is 5.91 Å². The van der Waals surface area contributed by atoms with Gasteiger partial charge in [-0.2, -0.15) is 0 Å². The third kappa shape index (κ3) is 2.54. The Kier molecular flexibility index (Phi) is 3.67. The van der Waals surface area contributed by atoms with E-state index < -0.39 is 0 Å². The molecular weight excluding hydrogens is 244 g/mol. The molecule has 1 aromatic heterocycles. The summed E-state index contributed by atoms with van der Waals surface area (Å²) in [5.41, 5.74) is 8.25. The molecule has 18 heavy (non-hydrogen) atoms. The lowest BCUT2D eigenvalue weighted by Crippen LogP contribution is -2.13. The number of nitrogens with two attached hydrogens (primary N) is 1. The van der Waals surface area contributed by atoms with Crippen molar-refractivity contribution in [2.24, 2.45) is 0 Å². The van der Waals surface area contributed by atoms with Gasteiger partial charge in [-0.15, -0.1) is 11.3 Å². The first-order chi connectivity index (χ1) is 8.59. The fourth-order valence-electron chi connectivity index (χ4n) is 1.80. The van der Waals surface area contributed by atoms with Crippen molar-refractivity contribution < 1.29 is 4.79 Å². The summed E-state index contributed by atoms with van der Waals surface area (Å²) in [7, 11) is 0. The Morgan fingerprint density at radius 1 is 1.28 bits per heavy atom. The number of anilines is 2. The minimum absolute atomic E-state index is 0.143. The van der Waals surface area contributed by atoms with Crippen LogP contribution >= 0.6 is 11.3 Å². The summed E-state index contributed by atoms with van der Waals surface area (Å²) in [5, 5.41) is 4.74.